The van der Waals surface area contributed by atoms with Crippen molar-refractivity contribution in [3.8, 4) is 0 Å². The number of rotatable bonds is 4. The number of hydrogen-bond acceptors (Lipinski definition) is 2. The maximum atomic E-state index is 6.15. The Labute approximate surface area is 114 Å². The molecule has 106 valence electrons. The van der Waals surface area contributed by atoms with Crippen LogP contribution in [0, 0.1) is 11.8 Å². The van der Waals surface area contributed by atoms with E-state index in [4.69, 9.17) is 8.85 Å². The summed E-state index contributed by atoms with van der Waals surface area (Å²) in [6.07, 6.45) is 9.53. The summed E-state index contributed by atoms with van der Waals surface area (Å²) in [5, 5.41) is 0. The van der Waals surface area contributed by atoms with Crippen LogP contribution < -0.4 is 0 Å². The van der Waals surface area contributed by atoms with Gasteiger partial charge in [0.1, 0.15) is 0 Å². The summed E-state index contributed by atoms with van der Waals surface area (Å²) in [6, 6.07) is 0. The lowest BCUT2D eigenvalue weighted by atomic mass is 10.00. The van der Waals surface area contributed by atoms with Crippen molar-refractivity contribution in [3.63, 3.8) is 0 Å². The fraction of sp³-hybridized carbons (Fsp3) is 1.00. The van der Waals surface area contributed by atoms with Crippen molar-refractivity contribution in [3.05, 3.63) is 0 Å². The van der Waals surface area contributed by atoms with Crippen molar-refractivity contribution in [1.82, 2.24) is 0 Å². The van der Waals surface area contributed by atoms with Gasteiger partial charge in [-0.15, -0.1) is 0 Å². The van der Waals surface area contributed by atoms with Gasteiger partial charge in [0.25, 0.3) is 0 Å². The van der Waals surface area contributed by atoms with Crippen molar-refractivity contribution < 1.29 is 8.85 Å². The Morgan fingerprint density at radius 3 is 1.89 bits per heavy atom. The highest BCUT2D eigenvalue weighted by molar-refractivity contribution is 6.70. The van der Waals surface area contributed by atoms with Crippen LogP contribution in [0.3, 0.4) is 0 Å². The molecule has 2 aliphatic carbocycles. The zero-order chi connectivity index (χ0) is 13.2. The molecule has 0 amide bonds. The molecule has 18 heavy (non-hydrogen) atoms. The first-order chi connectivity index (χ1) is 8.65. The molecule has 3 atom stereocenters. The standard InChI is InChI=1S/C15H30O2Si/c1-12-10-11-15(13(12)2)18(16-3,17-4)14-8-6-5-7-9-14/h12-15H,5-11H2,1-4H3. The van der Waals surface area contributed by atoms with Crippen molar-refractivity contribution in [2.45, 2.75) is 69.9 Å². The van der Waals surface area contributed by atoms with Gasteiger partial charge in [0, 0.05) is 25.3 Å². The fourth-order valence-corrected chi connectivity index (χ4v) is 9.35. The zero-order valence-corrected chi connectivity index (χ0v) is 13.6. The maximum Gasteiger partial charge on any atom is 0.344 e. The van der Waals surface area contributed by atoms with E-state index in [-0.39, 0.29) is 0 Å². The largest absolute Gasteiger partial charge is 0.397 e. The summed E-state index contributed by atoms with van der Waals surface area (Å²) >= 11 is 0. The van der Waals surface area contributed by atoms with E-state index < -0.39 is 8.56 Å². The molecule has 0 saturated heterocycles. The van der Waals surface area contributed by atoms with Crippen LogP contribution in [0.2, 0.25) is 11.1 Å². The topological polar surface area (TPSA) is 18.5 Å². The summed E-state index contributed by atoms with van der Waals surface area (Å²) in [5.41, 5.74) is 1.45. The van der Waals surface area contributed by atoms with E-state index in [9.17, 15) is 0 Å². The molecule has 0 radical (unpaired) electrons. The van der Waals surface area contributed by atoms with E-state index in [1.807, 2.05) is 14.2 Å². The SMILES string of the molecule is CO[Si](OC)(C1CCCCC1)C1CCC(C)C1C. The Bertz CT molecular complexity index is 259. The Kier molecular flexibility index (Phi) is 4.90. The van der Waals surface area contributed by atoms with Gasteiger partial charge < -0.3 is 8.85 Å². The molecular weight excluding hydrogens is 240 g/mol. The average Bonchev–Trinajstić information content (AvgIpc) is 2.75. The minimum atomic E-state index is -2.01. The van der Waals surface area contributed by atoms with Crippen LogP contribution in [0.4, 0.5) is 0 Å². The van der Waals surface area contributed by atoms with Crippen LogP contribution in [-0.2, 0) is 8.85 Å². The second-order valence-electron chi connectivity index (χ2n) is 6.48. The third-order valence-electron chi connectivity index (χ3n) is 5.79. The minimum absolute atomic E-state index is 0.714. The highest BCUT2D eigenvalue weighted by Crippen LogP contribution is 2.53. The molecule has 2 nitrogen and oxygen atoms in total. The highest BCUT2D eigenvalue weighted by Gasteiger charge is 2.55. The van der Waals surface area contributed by atoms with Crippen LogP contribution in [0.25, 0.3) is 0 Å². The van der Waals surface area contributed by atoms with E-state index in [0.29, 0.717) is 5.54 Å². The Balaban J connectivity index is 2.19. The van der Waals surface area contributed by atoms with Gasteiger partial charge in [-0.3, -0.25) is 0 Å². The third kappa shape index (κ3) is 2.41. The highest BCUT2D eigenvalue weighted by atomic mass is 28.4. The van der Waals surface area contributed by atoms with Gasteiger partial charge >= 0.3 is 8.56 Å². The van der Waals surface area contributed by atoms with Crippen LogP contribution in [0.1, 0.15) is 58.8 Å². The molecular formula is C15H30O2Si. The van der Waals surface area contributed by atoms with E-state index in [1.54, 1.807) is 0 Å². The molecule has 2 rings (SSSR count). The second-order valence-corrected chi connectivity index (χ2v) is 10.3. The van der Waals surface area contributed by atoms with Gasteiger partial charge in [-0.25, -0.2) is 0 Å². The monoisotopic (exact) mass is 270 g/mol. The Morgan fingerprint density at radius 1 is 0.833 bits per heavy atom. The summed E-state index contributed by atoms with van der Waals surface area (Å²) in [6.45, 7) is 4.82. The molecule has 0 bridgehead atoms. The van der Waals surface area contributed by atoms with Crippen molar-refractivity contribution >= 4 is 8.56 Å². The predicted molar refractivity (Wildman–Crippen MR) is 77.9 cm³/mol. The van der Waals surface area contributed by atoms with E-state index in [2.05, 4.69) is 13.8 Å². The lowest BCUT2D eigenvalue weighted by Crippen LogP contribution is -2.51. The van der Waals surface area contributed by atoms with Crippen LogP contribution in [0.5, 0.6) is 0 Å². The molecule has 0 spiro atoms. The molecule has 2 fully saturated rings. The molecule has 3 unspecified atom stereocenters. The van der Waals surface area contributed by atoms with Crippen LogP contribution >= 0.6 is 0 Å². The summed E-state index contributed by atoms with van der Waals surface area (Å²) in [7, 11) is 1.82. The quantitative estimate of drug-likeness (QED) is 0.701. The lowest BCUT2D eigenvalue weighted by molar-refractivity contribution is 0.193. The first-order valence-electron chi connectivity index (χ1n) is 7.76. The maximum absolute atomic E-state index is 6.15. The summed E-state index contributed by atoms with van der Waals surface area (Å²) in [4.78, 5) is 0. The minimum Gasteiger partial charge on any atom is -0.397 e. The van der Waals surface area contributed by atoms with Gasteiger partial charge in [-0.1, -0.05) is 39.5 Å². The second kappa shape index (κ2) is 6.06. The van der Waals surface area contributed by atoms with E-state index in [0.717, 1.165) is 17.4 Å². The van der Waals surface area contributed by atoms with E-state index >= 15 is 0 Å². The van der Waals surface area contributed by atoms with Gasteiger partial charge in [0.05, 0.1) is 0 Å². The Hall–Kier alpha value is 0.137. The van der Waals surface area contributed by atoms with Gasteiger partial charge in [-0.2, -0.15) is 0 Å². The Morgan fingerprint density at radius 2 is 1.44 bits per heavy atom. The summed E-state index contributed by atoms with van der Waals surface area (Å²) in [5.74, 6) is 1.62. The molecule has 3 heteroatoms. The van der Waals surface area contributed by atoms with Crippen LogP contribution in [0.15, 0.2) is 0 Å². The molecule has 0 aliphatic heterocycles. The molecule has 0 N–H and O–H groups in total. The molecule has 0 heterocycles. The molecule has 0 aromatic heterocycles. The molecule has 2 aliphatic rings. The average molecular weight is 270 g/mol. The summed E-state index contributed by atoms with van der Waals surface area (Å²) < 4.78 is 12.3. The van der Waals surface area contributed by atoms with Crippen molar-refractivity contribution in [2.75, 3.05) is 14.2 Å². The van der Waals surface area contributed by atoms with Gasteiger partial charge in [0.15, 0.2) is 0 Å². The zero-order valence-electron chi connectivity index (χ0n) is 12.6. The molecule has 2 saturated carbocycles. The molecule has 0 aromatic carbocycles. The number of hydrogen-bond donors (Lipinski definition) is 0. The lowest BCUT2D eigenvalue weighted by Gasteiger charge is -2.43. The normalized spacial score (nSPS) is 35.0. The third-order valence-corrected chi connectivity index (χ3v) is 10.6. The first-order valence-corrected chi connectivity index (χ1v) is 9.73. The van der Waals surface area contributed by atoms with Gasteiger partial charge in [-0.05, 0) is 31.1 Å². The van der Waals surface area contributed by atoms with Crippen LogP contribution in [-0.4, -0.2) is 22.8 Å². The van der Waals surface area contributed by atoms with Crippen molar-refractivity contribution in [2.24, 2.45) is 11.8 Å². The smallest absolute Gasteiger partial charge is 0.344 e. The molecule has 0 aromatic rings. The van der Waals surface area contributed by atoms with Crippen molar-refractivity contribution in [1.29, 1.82) is 0 Å². The van der Waals surface area contributed by atoms with Gasteiger partial charge in [0.2, 0.25) is 0 Å². The van der Waals surface area contributed by atoms with E-state index in [1.165, 1.54) is 44.9 Å². The fourth-order valence-electron chi connectivity index (χ4n) is 4.46. The predicted octanol–water partition coefficient (Wildman–Crippen LogP) is 4.49. The first kappa shape index (κ1) is 14.5.